The smallest absolute Gasteiger partial charge is 0.224 e. The van der Waals surface area contributed by atoms with Gasteiger partial charge in [-0.2, -0.15) is 0 Å². The topological polar surface area (TPSA) is 47.9 Å². The molecule has 0 unspecified atom stereocenters. The molecule has 144 valence electrons. The summed E-state index contributed by atoms with van der Waals surface area (Å²) >= 11 is 1.80. The van der Waals surface area contributed by atoms with Gasteiger partial charge < -0.3 is 15.1 Å². The fraction of sp³-hybridized carbons (Fsp3) is 0.429. The first kappa shape index (κ1) is 19.4. The summed E-state index contributed by atoms with van der Waals surface area (Å²) in [6.45, 7) is 5.72. The Morgan fingerprint density at radius 1 is 1.30 bits per heavy atom. The minimum atomic E-state index is 0.192. The number of amides is 1. The van der Waals surface area contributed by atoms with Gasteiger partial charge in [-0.3, -0.25) is 9.79 Å². The lowest BCUT2D eigenvalue weighted by Crippen LogP contribution is -2.39. The van der Waals surface area contributed by atoms with Gasteiger partial charge >= 0.3 is 0 Å². The number of benzene rings is 1. The third-order valence-corrected chi connectivity index (χ3v) is 5.73. The molecule has 0 spiro atoms. The molecule has 3 rings (SSSR count). The molecule has 0 aliphatic carbocycles. The Labute approximate surface area is 165 Å². The first-order valence-electron chi connectivity index (χ1n) is 9.53. The standard InChI is InChI=1S/C21H28N4OS/c1-3-22-21(24(2)15-17-7-5-4-6-8-17)23-12-9-20(26)25-13-10-19-18(16-25)11-14-27-19/h4-8,11,14H,3,9-10,12-13,15-16H2,1-2H3,(H,22,23). The maximum atomic E-state index is 12.6. The summed E-state index contributed by atoms with van der Waals surface area (Å²) in [5.41, 5.74) is 2.54. The van der Waals surface area contributed by atoms with Crippen molar-refractivity contribution in [2.75, 3.05) is 26.7 Å². The third kappa shape index (κ3) is 5.32. The van der Waals surface area contributed by atoms with Crippen molar-refractivity contribution < 1.29 is 4.79 Å². The van der Waals surface area contributed by atoms with Gasteiger partial charge in [0, 0.05) is 44.5 Å². The van der Waals surface area contributed by atoms with Crippen molar-refractivity contribution in [2.24, 2.45) is 4.99 Å². The largest absolute Gasteiger partial charge is 0.357 e. The van der Waals surface area contributed by atoms with Gasteiger partial charge in [-0.1, -0.05) is 30.3 Å². The molecule has 0 saturated carbocycles. The van der Waals surface area contributed by atoms with Crippen LogP contribution in [0.5, 0.6) is 0 Å². The summed E-state index contributed by atoms with van der Waals surface area (Å²) in [7, 11) is 2.03. The van der Waals surface area contributed by atoms with Crippen molar-refractivity contribution in [2.45, 2.75) is 32.9 Å². The van der Waals surface area contributed by atoms with Crippen LogP contribution < -0.4 is 5.32 Å². The minimum absolute atomic E-state index is 0.192. The summed E-state index contributed by atoms with van der Waals surface area (Å²) in [6, 6.07) is 12.5. The monoisotopic (exact) mass is 384 g/mol. The second-order valence-corrected chi connectivity index (χ2v) is 7.76. The van der Waals surface area contributed by atoms with Crippen LogP contribution in [0.25, 0.3) is 0 Å². The summed E-state index contributed by atoms with van der Waals surface area (Å²) in [4.78, 5) is 22.7. The zero-order chi connectivity index (χ0) is 19.1. The fourth-order valence-electron chi connectivity index (χ4n) is 3.28. The number of hydrogen-bond donors (Lipinski definition) is 1. The second-order valence-electron chi connectivity index (χ2n) is 6.76. The van der Waals surface area contributed by atoms with E-state index in [-0.39, 0.29) is 5.91 Å². The number of rotatable bonds is 6. The van der Waals surface area contributed by atoms with Gasteiger partial charge in [-0.15, -0.1) is 11.3 Å². The highest BCUT2D eigenvalue weighted by molar-refractivity contribution is 7.10. The Bertz CT molecular complexity index is 771. The molecule has 0 saturated heterocycles. The first-order chi connectivity index (χ1) is 13.2. The molecule has 0 radical (unpaired) electrons. The Balaban J connectivity index is 1.53. The van der Waals surface area contributed by atoms with Crippen LogP contribution in [0, 0.1) is 0 Å². The molecule has 1 amide bonds. The molecule has 1 aliphatic rings. The zero-order valence-corrected chi connectivity index (χ0v) is 17.0. The molecule has 0 fully saturated rings. The lowest BCUT2D eigenvalue weighted by molar-refractivity contribution is -0.131. The molecular weight excluding hydrogens is 356 g/mol. The van der Waals surface area contributed by atoms with Gasteiger partial charge in [0.1, 0.15) is 0 Å². The van der Waals surface area contributed by atoms with Crippen molar-refractivity contribution >= 4 is 23.2 Å². The van der Waals surface area contributed by atoms with Crippen molar-refractivity contribution in [3.8, 4) is 0 Å². The SMILES string of the molecule is CCNC(=NCCC(=O)N1CCc2sccc2C1)N(C)Cc1ccccc1. The lowest BCUT2D eigenvalue weighted by Gasteiger charge is -2.27. The van der Waals surface area contributed by atoms with Gasteiger partial charge in [-0.25, -0.2) is 0 Å². The molecule has 1 N–H and O–H groups in total. The Morgan fingerprint density at radius 2 is 2.11 bits per heavy atom. The summed E-state index contributed by atoms with van der Waals surface area (Å²) < 4.78 is 0. The molecule has 27 heavy (non-hydrogen) atoms. The number of fused-ring (bicyclic) bond motifs is 1. The van der Waals surface area contributed by atoms with Crippen LogP contribution in [-0.4, -0.2) is 48.3 Å². The quantitative estimate of drug-likeness (QED) is 0.615. The van der Waals surface area contributed by atoms with Gasteiger partial charge in [0.15, 0.2) is 5.96 Å². The predicted octanol–water partition coefficient (Wildman–Crippen LogP) is 3.12. The zero-order valence-electron chi connectivity index (χ0n) is 16.1. The normalized spacial score (nSPS) is 14.0. The number of guanidine groups is 1. The van der Waals surface area contributed by atoms with Crippen molar-refractivity contribution in [1.29, 1.82) is 0 Å². The van der Waals surface area contributed by atoms with E-state index in [4.69, 9.17) is 0 Å². The van der Waals surface area contributed by atoms with E-state index in [0.717, 1.165) is 38.6 Å². The Kier molecular flexibility index (Phi) is 6.87. The van der Waals surface area contributed by atoms with Crippen molar-refractivity contribution in [1.82, 2.24) is 15.1 Å². The summed E-state index contributed by atoms with van der Waals surface area (Å²) in [5, 5.41) is 5.44. The first-order valence-corrected chi connectivity index (χ1v) is 10.4. The van der Waals surface area contributed by atoms with E-state index < -0.39 is 0 Å². The van der Waals surface area contributed by atoms with Gasteiger partial charge in [0.25, 0.3) is 0 Å². The molecule has 1 aromatic heterocycles. The minimum Gasteiger partial charge on any atom is -0.357 e. The number of nitrogens with one attached hydrogen (secondary N) is 1. The van der Waals surface area contributed by atoms with Gasteiger partial charge in [0.2, 0.25) is 5.91 Å². The maximum absolute atomic E-state index is 12.6. The number of aliphatic imine (C=N–C) groups is 1. The highest BCUT2D eigenvalue weighted by Gasteiger charge is 2.21. The second kappa shape index (κ2) is 9.55. The van der Waals surface area contributed by atoms with Gasteiger partial charge in [0.05, 0.1) is 6.54 Å². The van der Waals surface area contributed by atoms with E-state index in [2.05, 4.69) is 45.7 Å². The van der Waals surface area contributed by atoms with Crippen LogP contribution in [0.4, 0.5) is 0 Å². The van der Waals surface area contributed by atoms with E-state index in [0.29, 0.717) is 13.0 Å². The van der Waals surface area contributed by atoms with Crippen molar-refractivity contribution in [3.63, 3.8) is 0 Å². The molecule has 0 bridgehead atoms. The molecule has 6 heteroatoms. The lowest BCUT2D eigenvalue weighted by atomic mass is 10.1. The highest BCUT2D eigenvalue weighted by Crippen LogP contribution is 2.24. The van der Waals surface area contributed by atoms with Crippen molar-refractivity contribution in [3.05, 3.63) is 57.8 Å². The summed E-state index contributed by atoms with van der Waals surface area (Å²) in [5.74, 6) is 1.03. The molecule has 0 atom stereocenters. The third-order valence-electron chi connectivity index (χ3n) is 4.71. The van der Waals surface area contributed by atoms with Crippen LogP contribution >= 0.6 is 11.3 Å². The maximum Gasteiger partial charge on any atom is 0.224 e. The summed E-state index contributed by atoms with van der Waals surface area (Å²) in [6.07, 6.45) is 1.43. The van der Waals surface area contributed by atoms with Gasteiger partial charge in [-0.05, 0) is 35.9 Å². The molecule has 1 aliphatic heterocycles. The highest BCUT2D eigenvalue weighted by atomic mass is 32.1. The van der Waals surface area contributed by atoms with Crippen LogP contribution in [0.1, 0.15) is 29.3 Å². The fourth-order valence-corrected chi connectivity index (χ4v) is 4.17. The number of carbonyl (C=O) groups is 1. The number of thiophene rings is 1. The molecule has 5 nitrogen and oxygen atoms in total. The number of nitrogens with zero attached hydrogens (tertiary/aromatic N) is 3. The number of hydrogen-bond acceptors (Lipinski definition) is 3. The average molecular weight is 385 g/mol. The molecule has 1 aromatic carbocycles. The van der Waals surface area contributed by atoms with Crippen LogP contribution in [-0.2, 0) is 24.3 Å². The van der Waals surface area contributed by atoms with E-state index in [1.165, 1.54) is 16.0 Å². The average Bonchev–Trinajstić information content (AvgIpc) is 3.15. The van der Waals surface area contributed by atoms with E-state index >= 15 is 0 Å². The van der Waals surface area contributed by atoms with Crippen LogP contribution in [0.2, 0.25) is 0 Å². The van der Waals surface area contributed by atoms with E-state index in [9.17, 15) is 4.79 Å². The van der Waals surface area contributed by atoms with E-state index in [1.54, 1.807) is 11.3 Å². The van der Waals surface area contributed by atoms with E-state index in [1.807, 2.05) is 30.1 Å². The molecular formula is C21H28N4OS. The Hall–Kier alpha value is -2.34. The molecule has 2 heterocycles. The van der Waals surface area contributed by atoms with Crippen LogP contribution in [0.3, 0.4) is 0 Å². The molecule has 2 aromatic rings. The predicted molar refractivity (Wildman–Crippen MR) is 112 cm³/mol. The van der Waals surface area contributed by atoms with Crippen LogP contribution in [0.15, 0.2) is 46.8 Å². The number of carbonyl (C=O) groups excluding carboxylic acids is 1. The Morgan fingerprint density at radius 3 is 2.89 bits per heavy atom.